The van der Waals surface area contributed by atoms with Crippen molar-refractivity contribution >= 4 is 87.2 Å². The van der Waals surface area contributed by atoms with Crippen molar-refractivity contribution < 1.29 is 19.1 Å². The van der Waals surface area contributed by atoms with Crippen LogP contribution >= 0.6 is 58.2 Å². The van der Waals surface area contributed by atoms with Gasteiger partial charge in [0.05, 0.1) is 39.0 Å². The maximum Gasteiger partial charge on any atom is 0.241 e. The fourth-order valence-electron chi connectivity index (χ4n) is 9.43. The van der Waals surface area contributed by atoms with Crippen LogP contribution in [0.2, 0.25) is 20.1 Å². The summed E-state index contributed by atoms with van der Waals surface area (Å²) in [7, 11) is 0. The van der Waals surface area contributed by atoms with Gasteiger partial charge < -0.3 is 14.8 Å². The molecule has 1 aromatic heterocycles. The Balaban J connectivity index is 1.14. The number of ether oxygens (including phenoxy) is 2. The van der Waals surface area contributed by atoms with Crippen molar-refractivity contribution in [3.63, 3.8) is 0 Å². The minimum atomic E-state index is -0.520. The third-order valence-corrected chi connectivity index (χ3v) is 15.9. The molecule has 75 heavy (non-hydrogen) atoms. The number of hydrogen-bond acceptors (Lipinski definition) is 7. The summed E-state index contributed by atoms with van der Waals surface area (Å²) in [5, 5.41) is 9.79. The van der Waals surface area contributed by atoms with E-state index in [1.165, 1.54) is 144 Å². The summed E-state index contributed by atoms with van der Waals surface area (Å²) in [4.78, 5) is 30.2. The molecule has 1 N–H and O–H groups in total. The number of nitrogens with zero attached hydrogens (tertiary/aromatic N) is 3. The lowest BCUT2D eigenvalue weighted by molar-refractivity contribution is -0.121. The normalized spacial score (nSPS) is 13.7. The van der Waals surface area contributed by atoms with Gasteiger partial charge in [-0.1, -0.05) is 232 Å². The molecule has 1 saturated heterocycles. The number of rotatable bonds is 36. The number of halogens is 4. The first-order chi connectivity index (χ1) is 36.6. The van der Waals surface area contributed by atoms with Crippen molar-refractivity contribution in [3.05, 3.63) is 117 Å². The molecule has 0 aliphatic carbocycles. The molecule has 4 aromatic carbocycles. The largest absolute Gasteiger partial charge is 0.477 e. The van der Waals surface area contributed by atoms with E-state index in [2.05, 4.69) is 44.3 Å². The zero-order valence-corrected chi connectivity index (χ0v) is 48.6. The van der Waals surface area contributed by atoms with Crippen molar-refractivity contribution in [1.82, 2.24) is 9.78 Å². The van der Waals surface area contributed by atoms with Gasteiger partial charge in [-0.25, -0.2) is 4.90 Å². The Hall–Kier alpha value is -4.12. The quantitative estimate of drug-likeness (QED) is 0.0243. The van der Waals surface area contributed by atoms with E-state index in [9.17, 15) is 9.59 Å². The minimum Gasteiger partial charge on any atom is -0.477 e. The SMILES string of the molecule is CCCCCCCCCCCCCCCCC=CC1CC(=O)N(c2ccc(Cl)c(Nc3nn(-c4c(Cl)cc(Cl)cc4Cl)c(OCCCCC)c3Sc3ccc(Oc4ccc(CCCCCCCC)cc4)cc3)c2)C1=O. The zero-order chi connectivity index (χ0) is 53.2. The van der Waals surface area contributed by atoms with Gasteiger partial charge in [-0.2, -0.15) is 4.68 Å². The highest BCUT2D eigenvalue weighted by atomic mass is 35.5. The number of hydrogen-bond donors (Lipinski definition) is 1. The molecule has 0 spiro atoms. The Labute approximate surface area is 473 Å². The van der Waals surface area contributed by atoms with Crippen molar-refractivity contribution in [3.8, 4) is 23.1 Å². The molecule has 2 amide bonds. The molecule has 6 rings (SSSR count). The van der Waals surface area contributed by atoms with Crippen LogP contribution in [0.4, 0.5) is 17.2 Å². The Kier molecular flexibility index (Phi) is 26.6. The zero-order valence-electron chi connectivity index (χ0n) is 44.7. The van der Waals surface area contributed by atoms with E-state index < -0.39 is 5.92 Å². The minimum absolute atomic E-state index is 0.113. The maximum atomic E-state index is 13.9. The van der Waals surface area contributed by atoms with Gasteiger partial charge in [-0.05, 0) is 104 Å². The number of carbonyl (C=O) groups excluding carboxylic acids is 2. The first-order valence-electron chi connectivity index (χ1n) is 28.2. The summed E-state index contributed by atoms with van der Waals surface area (Å²) in [5.74, 6) is 1.23. The Morgan fingerprint density at radius 1 is 0.640 bits per heavy atom. The van der Waals surface area contributed by atoms with E-state index in [4.69, 9.17) is 61.0 Å². The summed E-state index contributed by atoms with van der Waals surface area (Å²) in [5.41, 5.74) is 2.56. The highest BCUT2D eigenvalue weighted by Gasteiger charge is 2.38. The topological polar surface area (TPSA) is 85.7 Å². The van der Waals surface area contributed by atoms with E-state index >= 15 is 0 Å². The van der Waals surface area contributed by atoms with Gasteiger partial charge >= 0.3 is 0 Å². The van der Waals surface area contributed by atoms with Gasteiger partial charge in [0.1, 0.15) is 22.1 Å². The van der Waals surface area contributed by atoms with Gasteiger partial charge in [-0.3, -0.25) is 9.59 Å². The first kappa shape index (κ1) is 60.1. The fourth-order valence-corrected chi connectivity index (χ4v) is 11.5. The van der Waals surface area contributed by atoms with Crippen LogP contribution in [-0.2, 0) is 16.0 Å². The summed E-state index contributed by atoms with van der Waals surface area (Å²) in [6.45, 7) is 7.07. The summed E-state index contributed by atoms with van der Waals surface area (Å²) < 4.78 is 14.5. The molecule has 1 unspecified atom stereocenters. The molecule has 0 bridgehead atoms. The lowest BCUT2D eigenvalue weighted by atomic mass is 10.0. The van der Waals surface area contributed by atoms with Crippen molar-refractivity contribution in [2.24, 2.45) is 5.92 Å². The molecule has 0 radical (unpaired) electrons. The molecule has 406 valence electrons. The van der Waals surface area contributed by atoms with Crippen LogP contribution in [0.3, 0.4) is 0 Å². The smallest absolute Gasteiger partial charge is 0.241 e. The van der Waals surface area contributed by atoms with E-state index in [0.717, 1.165) is 49.2 Å². The summed E-state index contributed by atoms with van der Waals surface area (Å²) in [6.07, 6.45) is 34.9. The van der Waals surface area contributed by atoms with E-state index in [1.807, 2.05) is 42.5 Å². The number of anilines is 3. The molecular weight excluding hydrogens is 1040 g/mol. The fraction of sp³-hybridized carbons (Fsp3) is 0.500. The lowest BCUT2D eigenvalue weighted by Crippen LogP contribution is -2.30. The van der Waals surface area contributed by atoms with Crippen molar-refractivity contribution in [2.75, 3.05) is 16.8 Å². The number of unbranched alkanes of at least 4 members (excludes halogenated alkanes) is 21. The van der Waals surface area contributed by atoms with Gasteiger partial charge in [0.25, 0.3) is 0 Å². The predicted molar refractivity (Wildman–Crippen MR) is 317 cm³/mol. The average Bonchev–Trinajstić information content (AvgIpc) is 3.87. The predicted octanol–water partition coefficient (Wildman–Crippen LogP) is 21.0. The second kappa shape index (κ2) is 33.2. The van der Waals surface area contributed by atoms with Crippen LogP contribution in [0.5, 0.6) is 17.4 Å². The number of allylic oxidation sites excluding steroid dienone is 1. The van der Waals surface area contributed by atoms with Crippen LogP contribution in [0.1, 0.15) is 187 Å². The molecule has 1 aliphatic heterocycles. The Morgan fingerprint density at radius 2 is 1.19 bits per heavy atom. The number of aryl methyl sites for hydroxylation is 1. The molecule has 8 nitrogen and oxygen atoms in total. The molecule has 5 aromatic rings. The maximum absolute atomic E-state index is 13.9. The molecule has 2 heterocycles. The lowest BCUT2D eigenvalue weighted by Gasteiger charge is -2.17. The molecule has 0 saturated carbocycles. The van der Waals surface area contributed by atoms with Crippen molar-refractivity contribution in [1.29, 1.82) is 0 Å². The number of aromatic nitrogens is 2. The van der Waals surface area contributed by atoms with Gasteiger partial charge in [0.15, 0.2) is 5.82 Å². The van der Waals surface area contributed by atoms with Crippen LogP contribution in [0.25, 0.3) is 5.69 Å². The summed E-state index contributed by atoms with van der Waals surface area (Å²) >= 11 is 28.5. The monoisotopic (exact) mass is 1120 g/mol. The first-order valence-corrected chi connectivity index (χ1v) is 30.5. The molecule has 13 heteroatoms. The van der Waals surface area contributed by atoms with Gasteiger partial charge in [0, 0.05) is 16.3 Å². The number of imide groups is 1. The number of carbonyl (C=O) groups is 2. The van der Waals surface area contributed by atoms with Gasteiger partial charge in [0.2, 0.25) is 17.7 Å². The molecule has 1 aliphatic rings. The second-order valence-electron chi connectivity index (χ2n) is 20.0. The molecule has 1 fully saturated rings. The number of nitrogens with one attached hydrogen (secondary N) is 1. The van der Waals surface area contributed by atoms with Crippen molar-refractivity contribution in [2.45, 2.75) is 198 Å². The second-order valence-corrected chi connectivity index (χ2v) is 22.7. The van der Waals surface area contributed by atoms with E-state index in [-0.39, 0.29) is 28.3 Å². The number of amides is 2. The average molecular weight is 1120 g/mol. The highest BCUT2D eigenvalue weighted by molar-refractivity contribution is 7.99. The Bertz CT molecular complexity index is 2530. The van der Waals surface area contributed by atoms with Crippen LogP contribution in [-0.4, -0.2) is 28.2 Å². The number of benzene rings is 4. The van der Waals surface area contributed by atoms with Gasteiger partial charge in [-0.15, -0.1) is 5.10 Å². The summed E-state index contributed by atoms with van der Waals surface area (Å²) in [6, 6.07) is 24.5. The van der Waals surface area contributed by atoms with Crippen LogP contribution in [0, 0.1) is 5.92 Å². The third-order valence-electron chi connectivity index (χ3n) is 13.7. The molecule has 1 atom stereocenters. The van der Waals surface area contributed by atoms with E-state index in [1.54, 1.807) is 35.0 Å². The van der Waals surface area contributed by atoms with E-state index in [0.29, 0.717) is 56.1 Å². The van der Waals surface area contributed by atoms with Crippen LogP contribution < -0.4 is 19.7 Å². The molecular formula is C62H80Cl4N4O4S. The Morgan fingerprint density at radius 3 is 1.79 bits per heavy atom. The van der Waals surface area contributed by atoms with Crippen LogP contribution in [0.15, 0.2) is 101 Å². The third kappa shape index (κ3) is 19.4. The standard InChI is InChI=1S/C62H80Cl4N4O4S/c1-4-7-10-12-14-15-16-17-18-19-20-21-22-23-25-27-30-47-42-57(71)69(61(47)72)49-33-40-53(64)56(45-49)67-60-59(62(73-41-28-9-6-3)70(68-60)58-54(65)43-48(63)44-55(58)66)75-52-38-36-51(37-39-52)74-50-34-31-46(32-35-50)29-26-24-13-11-8-5-2/h27,30-40,43-45,47H,4-26,28-29,41-42H2,1-3H3,(H,67,68). The highest BCUT2D eigenvalue weighted by Crippen LogP contribution is 2.47.